The van der Waals surface area contributed by atoms with E-state index < -0.39 is 17.9 Å². The van der Waals surface area contributed by atoms with Gasteiger partial charge in [-0.2, -0.15) is 0 Å². The van der Waals surface area contributed by atoms with Crippen LogP contribution in [0.25, 0.3) is 0 Å². The van der Waals surface area contributed by atoms with Gasteiger partial charge in [0.05, 0.1) is 40.2 Å². The number of amides is 1. The Morgan fingerprint density at radius 1 is 1.29 bits per heavy atom. The number of rotatable bonds is 5. The van der Waals surface area contributed by atoms with E-state index in [2.05, 4.69) is 11.5 Å². The maximum atomic E-state index is 13.4. The minimum absolute atomic E-state index is 0.203. The van der Waals surface area contributed by atoms with Gasteiger partial charge in [0, 0.05) is 25.6 Å². The minimum Gasteiger partial charge on any atom is -0.467 e. The van der Waals surface area contributed by atoms with Crippen LogP contribution >= 0.6 is 34.5 Å². The Morgan fingerprint density at radius 3 is 2.68 bits per heavy atom. The van der Waals surface area contributed by atoms with Crippen LogP contribution in [-0.2, 0) is 14.3 Å². The lowest BCUT2D eigenvalue weighted by molar-refractivity contribution is -0.146. The summed E-state index contributed by atoms with van der Waals surface area (Å²) < 4.78 is 10.6. The summed E-state index contributed by atoms with van der Waals surface area (Å²) in [6.45, 7) is 6.77. The molecule has 1 aromatic heterocycles. The first-order valence-corrected chi connectivity index (χ1v) is 11.4. The fourth-order valence-corrected chi connectivity index (χ4v) is 5.64. The molecule has 6 nitrogen and oxygen atoms in total. The van der Waals surface area contributed by atoms with E-state index >= 15 is 0 Å². The summed E-state index contributed by atoms with van der Waals surface area (Å²) in [5.74, 6) is -1.14. The number of hydrogen-bond acceptors (Lipinski definition) is 6. The number of carbonyl (C=O) groups is 2. The highest BCUT2D eigenvalue weighted by molar-refractivity contribution is 7.18. The van der Waals surface area contributed by atoms with Crippen LogP contribution in [-0.4, -0.2) is 62.8 Å². The van der Waals surface area contributed by atoms with Gasteiger partial charge < -0.3 is 19.3 Å². The lowest BCUT2D eigenvalue weighted by Gasteiger charge is -2.39. The van der Waals surface area contributed by atoms with Crippen LogP contribution in [0.4, 0.5) is 5.00 Å². The molecule has 0 aliphatic carbocycles. The van der Waals surface area contributed by atoms with Crippen LogP contribution in [0.5, 0.6) is 0 Å². The van der Waals surface area contributed by atoms with Crippen molar-refractivity contribution < 1.29 is 19.1 Å². The summed E-state index contributed by atoms with van der Waals surface area (Å²) in [6, 6.07) is 6.47. The topological polar surface area (TPSA) is 59.1 Å². The number of halogens is 2. The molecule has 1 saturated heterocycles. The Bertz CT molecular complexity index is 1020. The molecule has 2 unspecified atom stereocenters. The van der Waals surface area contributed by atoms with E-state index in [1.165, 1.54) is 23.3 Å². The Kier molecular flexibility index (Phi) is 6.57. The lowest BCUT2D eigenvalue weighted by Crippen LogP contribution is -2.52. The number of thiophene rings is 1. The van der Waals surface area contributed by atoms with Crippen molar-refractivity contribution in [3.05, 3.63) is 63.0 Å². The van der Waals surface area contributed by atoms with Gasteiger partial charge in [0.1, 0.15) is 6.04 Å². The second-order valence-corrected chi connectivity index (χ2v) is 9.18. The Labute approximate surface area is 194 Å². The number of esters is 1. The third-order valence-corrected chi connectivity index (χ3v) is 7.52. The molecule has 1 fully saturated rings. The summed E-state index contributed by atoms with van der Waals surface area (Å²) in [7, 11) is 1.33. The lowest BCUT2D eigenvalue weighted by atomic mass is 9.81. The van der Waals surface area contributed by atoms with Gasteiger partial charge in [-0.3, -0.25) is 4.79 Å². The van der Waals surface area contributed by atoms with Crippen molar-refractivity contribution in [1.29, 1.82) is 0 Å². The summed E-state index contributed by atoms with van der Waals surface area (Å²) in [6.07, 6.45) is 1.61. The fourth-order valence-electron chi connectivity index (χ4n) is 4.12. The summed E-state index contributed by atoms with van der Waals surface area (Å²) >= 11 is 13.9. The molecule has 0 N–H and O–H groups in total. The highest BCUT2D eigenvalue weighted by Gasteiger charge is 2.46. The number of fused-ring (bicyclic) bond motifs is 1. The van der Waals surface area contributed by atoms with Gasteiger partial charge in [-0.1, -0.05) is 35.3 Å². The van der Waals surface area contributed by atoms with Gasteiger partial charge in [-0.25, -0.2) is 4.79 Å². The molecule has 1 amide bonds. The molecule has 0 radical (unpaired) electrons. The van der Waals surface area contributed by atoms with E-state index in [0.717, 1.165) is 29.2 Å². The Balaban J connectivity index is 1.89. The van der Waals surface area contributed by atoms with Gasteiger partial charge in [0.25, 0.3) is 5.91 Å². The zero-order valence-electron chi connectivity index (χ0n) is 17.0. The second-order valence-electron chi connectivity index (χ2n) is 7.33. The third-order valence-electron chi connectivity index (χ3n) is 5.58. The van der Waals surface area contributed by atoms with Crippen LogP contribution in [0.15, 0.2) is 36.9 Å². The first kappa shape index (κ1) is 22.1. The predicted molar refractivity (Wildman–Crippen MR) is 123 cm³/mol. The number of methoxy groups -OCH3 is 1. The molecule has 0 spiro atoms. The predicted octanol–water partition coefficient (Wildman–Crippen LogP) is 4.21. The van der Waals surface area contributed by atoms with Crippen molar-refractivity contribution in [3.8, 4) is 0 Å². The SMILES string of the molecule is C=CCN1C(=O)c2sc(N3CCOCC3)cc2C(c2ccc(Cl)c(Cl)c2)C1C(=O)OC. The molecule has 0 bridgehead atoms. The average Bonchev–Trinajstić information content (AvgIpc) is 3.23. The van der Waals surface area contributed by atoms with E-state index in [1.807, 2.05) is 12.1 Å². The molecule has 164 valence electrons. The van der Waals surface area contributed by atoms with Gasteiger partial charge >= 0.3 is 5.97 Å². The molecular weight excluding hydrogens is 459 g/mol. The normalized spacial score (nSPS) is 21.1. The molecule has 2 aliphatic heterocycles. The highest BCUT2D eigenvalue weighted by atomic mass is 35.5. The summed E-state index contributed by atoms with van der Waals surface area (Å²) in [4.78, 5) is 30.7. The van der Waals surface area contributed by atoms with Crippen molar-refractivity contribution in [1.82, 2.24) is 4.90 Å². The van der Waals surface area contributed by atoms with E-state index in [4.69, 9.17) is 32.7 Å². The molecule has 9 heteroatoms. The molecular formula is C22H22Cl2N2O4S. The van der Waals surface area contributed by atoms with Crippen molar-refractivity contribution in [3.63, 3.8) is 0 Å². The summed E-state index contributed by atoms with van der Waals surface area (Å²) in [5.41, 5.74) is 1.59. The van der Waals surface area contributed by atoms with Gasteiger partial charge in [0.15, 0.2) is 0 Å². The molecule has 2 atom stereocenters. The molecule has 4 rings (SSSR count). The highest BCUT2D eigenvalue weighted by Crippen LogP contribution is 2.45. The molecule has 1 aromatic carbocycles. The van der Waals surface area contributed by atoms with Crippen LogP contribution in [0.1, 0.15) is 26.7 Å². The van der Waals surface area contributed by atoms with Gasteiger partial charge in [0.2, 0.25) is 0 Å². The quantitative estimate of drug-likeness (QED) is 0.473. The van der Waals surface area contributed by atoms with Crippen LogP contribution < -0.4 is 4.90 Å². The van der Waals surface area contributed by atoms with Crippen molar-refractivity contribution >= 4 is 51.4 Å². The zero-order valence-corrected chi connectivity index (χ0v) is 19.3. The zero-order chi connectivity index (χ0) is 22.1. The maximum absolute atomic E-state index is 13.4. The molecule has 3 heterocycles. The molecule has 0 saturated carbocycles. The number of morpholine rings is 1. The number of nitrogens with zero attached hydrogens (tertiary/aromatic N) is 2. The smallest absolute Gasteiger partial charge is 0.329 e. The molecule has 31 heavy (non-hydrogen) atoms. The number of benzene rings is 1. The number of carbonyl (C=O) groups excluding carboxylic acids is 2. The molecule has 2 aliphatic rings. The first-order chi connectivity index (χ1) is 15.0. The van der Waals surface area contributed by atoms with Crippen molar-refractivity contribution in [2.75, 3.05) is 44.9 Å². The third kappa shape index (κ3) is 4.07. The Morgan fingerprint density at radius 2 is 2.03 bits per heavy atom. The largest absolute Gasteiger partial charge is 0.467 e. The van der Waals surface area contributed by atoms with E-state index in [0.29, 0.717) is 28.1 Å². The van der Waals surface area contributed by atoms with E-state index in [9.17, 15) is 9.59 Å². The van der Waals surface area contributed by atoms with Gasteiger partial charge in [-0.05, 0) is 29.3 Å². The molecule has 2 aromatic rings. The number of ether oxygens (including phenoxy) is 2. The second kappa shape index (κ2) is 9.20. The van der Waals surface area contributed by atoms with Gasteiger partial charge in [-0.15, -0.1) is 17.9 Å². The number of hydrogen-bond donors (Lipinski definition) is 0. The maximum Gasteiger partial charge on any atom is 0.329 e. The monoisotopic (exact) mass is 480 g/mol. The van der Waals surface area contributed by atoms with E-state index in [1.54, 1.807) is 18.2 Å². The number of anilines is 1. The van der Waals surface area contributed by atoms with Crippen LogP contribution in [0.3, 0.4) is 0 Å². The first-order valence-electron chi connectivity index (χ1n) is 9.87. The Hall–Kier alpha value is -2.06. The minimum atomic E-state index is -0.840. The van der Waals surface area contributed by atoms with Crippen LogP contribution in [0.2, 0.25) is 10.0 Å². The standard InChI is InChI=1S/C22H22Cl2N2O4S/c1-3-6-26-19(22(28)29-2)18(13-4-5-15(23)16(24)11-13)14-12-17(31-20(14)21(26)27)25-7-9-30-10-8-25/h3-5,11-12,18-19H,1,6-10H2,2H3. The van der Waals surface area contributed by atoms with Crippen molar-refractivity contribution in [2.45, 2.75) is 12.0 Å². The van der Waals surface area contributed by atoms with E-state index in [-0.39, 0.29) is 12.5 Å². The van der Waals surface area contributed by atoms with Crippen molar-refractivity contribution in [2.24, 2.45) is 0 Å². The fraction of sp³-hybridized carbons (Fsp3) is 0.364. The average molecular weight is 481 g/mol. The summed E-state index contributed by atoms with van der Waals surface area (Å²) in [5, 5.41) is 1.80. The van der Waals surface area contributed by atoms with Crippen LogP contribution in [0, 0.1) is 0 Å².